The Labute approximate surface area is 70.6 Å². The summed E-state index contributed by atoms with van der Waals surface area (Å²) < 4.78 is 0. The zero-order valence-corrected chi connectivity index (χ0v) is 6.14. The van der Waals surface area contributed by atoms with E-state index in [4.69, 9.17) is 5.84 Å². The highest BCUT2D eigenvalue weighted by Crippen LogP contribution is 1.96. The highest BCUT2D eigenvalue weighted by atomic mass is 16.7. The van der Waals surface area contributed by atoms with E-state index in [2.05, 4.69) is 15.2 Å². The standard InChI is InChI=1S/C3H5N7O3/c4-6-2(11)1-5-3(8-7-1)9-10(12)13/h4H2,(H,6,11)(H2,5,7,8,9). The van der Waals surface area contributed by atoms with Gasteiger partial charge >= 0.3 is 5.91 Å². The molecule has 0 atom stereocenters. The topological polar surface area (TPSA) is 152 Å². The number of amides is 1. The Hall–Kier alpha value is -2.23. The van der Waals surface area contributed by atoms with Gasteiger partial charge in [0.25, 0.3) is 5.95 Å². The molecule has 1 aromatic heterocycles. The maximum atomic E-state index is 10.7. The number of rotatable bonds is 3. The fraction of sp³-hybridized carbons (Fsp3) is 0. The minimum atomic E-state index is -0.843. The minimum absolute atomic E-state index is 0.247. The van der Waals surface area contributed by atoms with Crippen LogP contribution in [0, 0.1) is 10.1 Å². The van der Waals surface area contributed by atoms with E-state index < -0.39 is 10.9 Å². The van der Waals surface area contributed by atoms with Crippen LogP contribution in [-0.4, -0.2) is 26.1 Å². The van der Waals surface area contributed by atoms with Gasteiger partial charge in [0.05, 0.1) is 0 Å². The molecule has 0 saturated carbocycles. The van der Waals surface area contributed by atoms with Gasteiger partial charge in [0, 0.05) is 0 Å². The zero-order chi connectivity index (χ0) is 9.84. The fourth-order valence-electron chi connectivity index (χ4n) is 0.564. The SMILES string of the molecule is NNC(=O)c1n[nH]c(N[N+](=O)[O-])n1. The molecular weight excluding hydrogens is 182 g/mol. The molecule has 0 unspecified atom stereocenters. The smallest absolute Gasteiger partial charge is 0.287 e. The summed E-state index contributed by atoms with van der Waals surface area (Å²) in [6.07, 6.45) is 0. The molecule has 1 amide bonds. The minimum Gasteiger partial charge on any atom is -0.287 e. The third kappa shape index (κ3) is 2.10. The number of aromatic amines is 1. The van der Waals surface area contributed by atoms with Crippen LogP contribution in [0.5, 0.6) is 0 Å². The van der Waals surface area contributed by atoms with Crippen molar-refractivity contribution in [3.8, 4) is 0 Å². The summed E-state index contributed by atoms with van der Waals surface area (Å²) in [4.78, 5) is 24.0. The van der Waals surface area contributed by atoms with E-state index in [0.29, 0.717) is 0 Å². The van der Waals surface area contributed by atoms with Crippen molar-refractivity contribution < 1.29 is 9.83 Å². The van der Waals surface area contributed by atoms with Crippen molar-refractivity contribution in [2.75, 3.05) is 5.43 Å². The van der Waals surface area contributed by atoms with Gasteiger partial charge in [-0.05, 0) is 0 Å². The largest absolute Gasteiger partial charge is 0.304 e. The van der Waals surface area contributed by atoms with Gasteiger partial charge < -0.3 is 0 Å². The maximum Gasteiger partial charge on any atom is 0.304 e. The van der Waals surface area contributed by atoms with Crippen LogP contribution in [0.4, 0.5) is 5.95 Å². The number of aromatic nitrogens is 3. The van der Waals surface area contributed by atoms with Gasteiger partial charge in [-0.15, -0.1) is 5.10 Å². The number of hydrogen-bond donors (Lipinski definition) is 4. The third-order valence-electron chi connectivity index (χ3n) is 1.02. The van der Waals surface area contributed by atoms with Crippen molar-refractivity contribution in [1.29, 1.82) is 0 Å². The first kappa shape index (κ1) is 8.86. The predicted octanol–water partition coefficient (Wildman–Crippen LogP) is -1.99. The lowest BCUT2D eigenvalue weighted by Gasteiger charge is -1.89. The molecule has 1 heterocycles. The molecule has 13 heavy (non-hydrogen) atoms. The van der Waals surface area contributed by atoms with Gasteiger partial charge in [0.2, 0.25) is 5.82 Å². The second-order valence-corrected chi connectivity index (χ2v) is 1.85. The summed E-state index contributed by atoms with van der Waals surface area (Å²) in [6, 6.07) is 0. The maximum absolute atomic E-state index is 10.7. The highest BCUT2D eigenvalue weighted by Gasteiger charge is 2.12. The normalized spacial score (nSPS) is 9.31. The van der Waals surface area contributed by atoms with Crippen molar-refractivity contribution >= 4 is 11.9 Å². The van der Waals surface area contributed by atoms with Crippen molar-refractivity contribution in [3.63, 3.8) is 0 Å². The van der Waals surface area contributed by atoms with Crippen LogP contribution in [0.3, 0.4) is 0 Å². The monoisotopic (exact) mass is 187 g/mol. The van der Waals surface area contributed by atoms with E-state index >= 15 is 0 Å². The molecule has 0 fully saturated rings. The molecule has 70 valence electrons. The molecule has 0 radical (unpaired) electrons. The molecule has 10 nitrogen and oxygen atoms in total. The Morgan fingerprint density at radius 1 is 1.69 bits per heavy atom. The summed E-state index contributed by atoms with van der Waals surface area (Å²) in [5.74, 6) is 3.49. The number of carbonyl (C=O) groups excluding carboxylic acids is 1. The number of nitrogens with two attached hydrogens (primary N) is 1. The second kappa shape index (κ2) is 3.44. The first-order valence-corrected chi connectivity index (χ1v) is 2.98. The van der Waals surface area contributed by atoms with Crippen molar-refractivity contribution in [1.82, 2.24) is 20.6 Å². The first-order valence-electron chi connectivity index (χ1n) is 2.98. The van der Waals surface area contributed by atoms with E-state index in [9.17, 15) is 14.9 Å². The van der Waals surface area contributed by atoms with Gasteiger partial charge in [-0.25, -0.2) is 21.1 Å². The van der Waals surface area contributed by atoms with E-state index in [1.54, 1.807) is 10.9 Å². The van der Waals surface area contributed by atoms with Gasteiger partial charge in [0.1, 0.15) is 0 Å². The Kier molecular flexibility index (Phi) is 2.35. The van der Waals surface area contributed by atoms with E-state index in [1.165, 1.54) is 0 Å². The summed E-state index contributed by atoms with van der Waals surface area (Å²) in [5.41, 5.74) is 3.44. The molecular formula is C3H5N7O3. The average molecular weight is 187 g/mol. The van der Waals surface area contributed by atoms with Crippen LogP contribution in [0.15, 0.2) is 0 Å². The van der Waals surface area contributed by atoms with Crippen LogP contribution in [0.25, 0.3) is 0 Å². The molecule has 5 N–H and O–H groups in total. The Morgan fingerprint density at radius 3 is 2.92 bits per heavy atom. The highest BCUT2D eigenvalue weighted by molar-refractivity contribution is 5.90. The molecule has 0 aliphatic carbocycles. The van der Waals surface area contributed by atoms with Gasteiger partial charge in [-0.1, -0.05) is 5.43 Å². The third-order valence-corrected chi connectivity index (χ3v) is 1.02. The fourth-order valence-corrected chi connectivity index (χ4v) is 0.564. The first-order chi connectivity index (χ1) is 6.13. The van der Waals surface area contributed by atoms with Crippen molar-refractivity contribution in [3.05, 3.63) is 15.9 Å². The number of nitrogens with one attached hydrogen (secondary N) is 3. The lowest BCUT2D eigenvalue weighted by Crippen LogP contribution is -2.30. The van der Waals surface area contributed by atoms with E-state index in [-0.39, 0.29) is 11.8 Å². The molecule has 1 aromatic rings. The van der Waals surface area contributed by atoms with Crippen LogP contribution < -0.4 is 16.7 Å². The van der Waals surface area contributed by atoms with Crippen molar-refractivity contribution in [2.24, 2.45) is 5.84 Å². The number of hydrazine groups is 2. The average Bonchev–Trinajstić information content (AvgIpc) is 2.50. The molecule has 10 heteroatoms. The van der Waals surface area contributed by atoms with E-state index in [0.717, 1.165) is 0 Å². The van der Waals surface area contributed by atoms with Gasteiger partial charge in [0.15, 0.2) is 5.03 Å². The Bertz CT molecular complexity index is 331. The number of carbonyl (C=O) groups is 1. The molecule has 0 aliphatic heterocycles. The number of nitrogens with zero attached hydrogens (tertiary/aromatic N) is 3. The Balaban J connectivity index is 2.74. The molecule has 0 aromatic carbocycles. The van der Waals surface area contributed by atoms with Crippen molar-refractivity contribution in [2.45, 2.75) is 0 Å². The van der Waals surface area contributed by atoms with Crippen LogP contribution >= 0.6 is 0 Å². The second-order valence-electron chi connectivity index (χ2n) is 1.85. The molecule has 0 aliphatic rings. The summed E-state index contributed by atoms with van der Waals surface area (Å²) in [7, 11) is 0. The number of hydrogen-bond acceptors (Lipinski definition) is 6. The number of nitrogen functional groups attached to an aromatic ring is 1. The number of anilines is 1. The van der Waals surface area contributed by atoms with Crippen LogP contribution in [-0.2, 0) is 0 Å². The molecule has 0 bridgehead atoms. The number of H-pyrrole nitrogens is 1. The zero-order valence-electron chi connectivity index (χ0n) is 6.14. The quantitative estimate of drug-likeness (QED) is 0.185. The summed E-state index contributed by atoms with van der Waals surface area (Å²) >= 11 is 0. The molecule has 1 rings (SSSR count). The molecule has 0 saturated heterocycles. The summed E-state index contributed by atoms with van der Waals surface area (Å²) in [5, 5.41) is 14.5. The van der Waals surface area contributed by atoms with Gasteiger partial charge in [-0.3, -0.25) is 10.2 Å². The van der Waals surface area contributed by atoms with Gasteiger partial charge in [-0.2, -0.15) is 4.98 Å². The van der Waals surface area contributed by atoms with E-state index in [1.807, 2.05) is 0 Å². The Morgan fingerprint density at radius 2 is 2.38 bits per heavy atom. The van der Waals surface area contributed by atoms with Crippen LogP contribution in [0.2, 0.25) is 0 Å². The predicted molar refractivity (Wildman–Crippen MR) is 38.7 cm³/mol. The lowest BCUT2D eigenvalue weighted by atomic mass is 10.6. The number of nitro groups is 1. The summed E-state index contributed by atoms with van der Waals surface area (Å²) in [6.45, 7) is 0. The lowest BCUT2D eigenvalue weighted by molar-refractivity contribution is -0.446. The van der Waals surface area contributed by atoms with Crippen LogP contribution in [0.1, 0.15) is 10.6 Å². The molecule has 0 spiro atoms.